The largest absolute Gasteiger partial charge is 0.160 e. The molecule has 2 radical (unpaired) electrons. The first kappa shape index (κ1) is 10.5. The number of unbranched alkanes of at least 4 members (excludes halogenated alkanes) is 6. The molecule has 1 nitrogen and oxygen atoms in total. The first-order valence-electron chi connectivity index (χ1n) is 4.71. The summed E-state index contributed by atoms with van der Waals surface area (Å²) in [6.07, 6.45) is 11.9. The quantitative estimate of drug-likeness (QED) is 0.501. The summed E-state index contributed by atoms with van der Waals surface area (Å²) in [6, 6.07) is 0. The molecule has 11 heavy (non-hydrogen) atoms. The van der Waals surface area contributed by atoms with Crippen LogP contribution in [0.5, 0.6) is 0 Å². The van der Waals surface area contributed by atoms with Gasteiger partial charge in [0.1, 0.15) is 0 Å². The number of allylic oxidation sites excluding steroid dienone is 1. The van der Waals surface area contributed by atoms with Crippen LogP contribution in [0.2, 0.25) is 0 Å². The molecule has 0 bridgehead atoms. The van der Waals surface area contributed by atoms with E-state index >= 15 is 0 Å². The molecular weight excluding hydrogens is 134 g/mol. The highest BCUT2D eigenvalue weighted by molar-refractivity contribution is 4.74. The predicted molar refractivity (Wildman–Crippen MR) is 49.3 cm³/mol. The second-order valence-corrected chi connectivity index (χ2v) is 2.94. The Balaban J connectivity index is 2.79. The molecule has 64 valence electrons. The highest BCUT2D eigenvalue weighted by Gasteiger charge is 1.87. The van der Waals surface area contributed by atoms with Crippen LogP contribution in [-0.2, 0) is 0 Å². The van der Waals surface area contributed by atoms with Gasteiger partial charge in [-0.1, -0.05) is 45.1 Å². The molecule has 0 fully saturated rings. The molecule has 0 aliphatic rings. The van der Waals surface area contributed by atoms with E-state index in [-0.39, 0.29) is 0 Å². The summed E-state index contributed by atoms with van der Waals surface area (Å²) in [5.41, 5.74) is 8.33. The Labute approximate surface area is 70.7 Å². The molecular formula is C10H19N. The van der Waals surface area contributed by atoms with Crippen molar-refractivity contribution in [1.29, 1.82) is 0 Å². The van der Waals surface area contributed by atoms with Crippen molar-refractivity contribution >= 4 is 0 Å². The topological polar surface area (TPSA) is 22.3 Å². The van der Waals surface area contributed by atoms with Gasteiger partial charge in [0.2, 0.25) is 0 Å². The summed E-state index contributed by atoms with van der Waals surface area (Å²) < 4.78 is 0. The second-order valence-electron chi connectivity index (χ2n) is 2.94. The second kappa shape index (κ2) is 9.54. The Morgan fingerprint density at radius 1 is 1.00 bits per heavy atom. The van der Waals surface area contributed by atoms with Gasteiger partial charge in [-0.15, -0.1) is 0 Å². The lowest BCUT2D eigenvalue weighted by molar-refractivity contribution is 0.611. The minimum atomic E-state index is 1.03. The van der Waals surface area contributed by atoms with Crippen LogP contribution in [0, 0.1) is 0 Å². The Morgan fingerprint density at radius 2 is 1.64 bits per heavy atom. The van der Waals surface area contributed by atoms with E-state index in [1.165, 1.54) is 38.5 Å². The Hall–Kier alpha value is -0.460. The molecule has 0 unspecified atom stereocenters. The molecule has 0 aromatic heterocycles. The molecule has 0 saturated carbocycles. The number of nitrogens with zero attached hydrogens (tertiary/aromatic N) is 1. The monoisotopic (exact) mass is 153 g/mol. The first-order chi connectivity index (χ1) is 5.41. The van der Waals surface area contributed by atoms with Crippen molar-refractivity contribution in [3.8, 4) is 0 Å². The molecule has 0 aliphatic carbocycles. The molecule has 0 saturated heterocycles. The fraction of sp³-hybridized carbons (Fsp3) is 0.800. The summed E-state index contributed by atoms with van der Waals surface area (Å²) in [6.45, 7) is 2.23. The Morgan fingerprint density at radius 3 is 2.27 bits per heavy atom. The maximum Gasteiger partial charge on any atom is 0.0455 e. The standard InChI is InChI=1S/C10H19N/c1-2-3-4-5-6-7-8-9-10-11/h9-10H,2-8H2,1H3/b10-9+. The van der Waals surface area contributed by atoms with Gasteiger partial charge in [-0.05, 0) is 12.8 Å². The summed E-state index contributed by atoms with van der Waals surface area (Å²) >= 11 is 0. The van der Waals surface area contributed by atoms with Gasteiger partial charge in [-0.3, -0.25) is 0 Å². The van der Waals surface area contributed by atoms with Gasteiger partial charge in [-0.2, -0.15) is 5.73 Å². The van der Waals surface area contributed by atoms with Crippen molar-refractivity contribution in [3.05, 3.63) is 12.3 Å². The van der Waals surface area contributed by atoms with E-state index in [1.54, 1.807) is 0 Å². The van der Waals surface area contributed by atoms with Gasteiger partial charge in [-0.25, -0.2) is 0 Å². The lowest BCUT2D eigenvalue weighted by Gasteiger charge is -1.96. The lowest BCUT2D eigenvalue weighted by Crippen LogP contribution is -1.77. The van der Waals surface area contributed by atoms with Gasteiger partial charge < -0.3 is 0 Å². The van der Waals surface area contributed by atoms with Gasteiger partial charge in [0.15, 0.2) is 0 Å². The smallest absolute Gasteiger partial charge is 0.0455 e. The SMILES string of the molecule is CCCCCCCC/C=C/[N]. The van der Waals surface area contributed by atoms with Crippen LogP contribution < -0.4 is 5.73 Å². The van der Waals surface area contributed by atoms with E-state index < -0.39 is 0 Å². The molecule has 0 aliphatic heterocycles. The lowest BCUT2D eigenvalue weighted by atomic mass is 10.1. The zero-order valence-electron chi connectivity index (χ0n) is 7.55. The van der Waals surface area contributed by atoms with Gasteiger partial charge in [0.25, 0.3) is 0 Å². The summed E-state index contributed by atoms with van der Waals surface area (Å²) in [5, 5.41) is 0. The van der Waals surface area contributed by atoms with Crippen molar-refractivity contribution in [2.45, 2.75) is 51.9 Å². The third-order valence-corrected chi connectivity index (χ3v) is 1.83. The van der Waals surface area contributed by atoms with Crippen LogP contribution >= 0.6 is 0 Å². The molecule has 0 atom stereocenters. The van der Waals surface area contributed by atoms with Crippen LogP contribution in [-0.4, -0.2) is 0 Å². The highest BCUT2D eigenvalue weighted by atomic mass is 14.5. The summed E-state index contributed by atoms with van der Waals surface area (Å²) in [5.74, 6) is 0. The zero-order valence-corrected chi connectivity index (χ0v) is 7.55. The fourth-order valence-corrected chi connectivity index (χ4v) is 1.12. The van der Waals surface area contributed by atoms with Crippen LogP contribution in [0.25, 0.3) is 0 Å². The third kappa shape index (κ3) is 9.54. The minimum Gasteiger partial charge on any atom is -0.160 e. The first-order valence-corrected chi connectivity index (χ1v) is 4.71. The number of rotatable bonds is 7. The van der Waals surface area contributed by atoms with E-state index in [1.807, 2.05) is 6.08 Å². The molecule has 0 N–H and O–H groups in total. The van der Waals surface area contributed by atoms with E-state index in [2.05, 4.69) is 6.92 Å². The average molecular weight is 153 g/mol. The van der Waals surface area contributed by atoms with Crippen LogP contribution in [0.4, 0.5) is 0 Å². The van der Waals surface area contributed by atoms with Crippen LogP contribution in [0.15, 0.2) is 12.3 Å². The maximum absolute atomic E-state index is 8.33. The Bertz CT molecular complexity index is 86.9. The van der Waals surface area contributed by atoms with Gasteiger partial charge in [0, 0.05) is 6.20 Å². The van der Waals surface area contributed by atoms with Crippen LogP contribution in [0.3, 0.4) is 0 Å². The molecule has 1 heteroatoms. The third-order valence-electron chi connectivity index (χ3n) is 1.83. The highest BCUT2D eigenvalue weighted by Crippen LogP contribution is 2.06. The number of hydrogen-bond donors (Lipinski definition) is 0. The Kier molecular flexibility index (Phi) is 9.14. The molecule has 0 heterocycles. The predicted octanol–water partition coefficient (Wildman–Crippen LogP) is 3.32. The molecule has 0 aromatic rings. The summed E-state index contributed by atoms with van der Waals surface area (Å²) in [4.78, 5) is 0. The van der Waals surface area contributed by atoms with E-state index in [0.717, 1.165) is 12.6 Å². The summed E-state index contributed by atoms with van der Waals surface area (Å²) in [7, 11) is 0. The van der Waals surface area contributed by atoms with E-state index in [4.69, 9.17) is 5.73 Å². The molecule has 0 spiro atoms. The van der Waals surface area contributed by atoms with Crippen molar-refractivity contribution in [3.63, 3.8) is 0 Å². The van der Waals surface area contributed by atoms with Gasteiger partial charge in [0.05, 0.1) is 0 Å². The van der Waals surface area contributed by atoms with E-state index in [9.17, 15) is 0 Å². The molecule has 0 rings (SSSR count). The van der Waals surface area contributed by atoms with Crippen LogP contribution in [0.1, 0.15) is 51.9 Å². The average Bonchev–Trinajstić information content (AvgIpc) is 2.03. The maximum atomic E-state index is 8.33. The van der Waals surface area contributed by atoms with Crippen molar-refractivity contribution < 1.29 is 0 Å². The van der Waals surface area contributed by atoms with Gasteiger partial charge >= 0.3 is 0 Å². The normalized spacial score (nSPS) is 11.0. The van der Waals surface area contributed by atoms with Crippen molar-refractivity contribution in [1.82, 2.24) is 5.73 Å². The van der Waals surface area contributed by atoms with E-state index in [0.29, 0.717) is 0 Å². The molecule has 0 aromatic carbocycles. The van der Waals surface area contributed by atoms with Crippen molar-refractivity contribution in [2.24, 2.45) is 0 Å². The van der Waals surface area contributed by atoms with Crippen molar-refractivity contribution in [2.75, 3.05) is 0 Å². The minimum absolute atomic E-state index is 1.03. The fourth-order valence-electron chi connectivity index (χ4n) is 1.12. The molecule has 0 amide bonds. The zero-order chi connectivity index (χ0) is 8.36. The number of hydrogen-bond acceptors (Lipinski definition) is 0.